The maximum Gasteiger partial charge on any atom is 0.255 e. The summed E-state index contributed by atoms with van der Waals surface area (Å²) in [5.74, 6) is -1.78. The highest BCUT2D eigenvalue weighted by Gasteiger charge is 2.53. The van der Waals surface area contributed by atoms with Gasteiger partial charge in [0.1, 0.15) is 18.3 Å². The Morgan fingerprint density at radius 3 is 2.48 bits per heavy atom. The van der Waals surface area contributed by atoms with Crippen LogP contribution in [0.4, 0.5) is 0 Å². The third-order valence-corrected chi connectivity index (χ3v) is 4.73. The van der Waals surface area contributed by atoms with E-state index in [-0.39, 0.29) is 29.4 Å². The van der Waals surface area contributed by atoms with E-state index in [1.54, 1.807) is 0 Å². The molecule has 1 amide bonds. The van der Waals surface area contributed by atoms with E-state index >= 15 is 0 Å². The van der Waals surface area contributed by atoms with Gasteiger partial charge >= 0.3 is 0 Å². The third kappa shape index (κ3) is 1.78. The number of rotatable bonds is 0. The van der Waals surface area contributed by atoms with Crippen LogP contribution in [0, 0.1) is 0 Å². The molecule has 1 saturated carbocycles. The SMILES string of the molecule is O=C1N[C@H]2[C@@H](O)[C@@H](O)[C@@H](O)[C@@H](O)[C@H]2c2cc3c(c(O)c21)OCO3. The molecule has 1 aromatic carbocycles. The number of amides is 1. The molecule has 4 rings (SSSR count). The molecular weight excluding hydrogens is 310 g/mol. The number of aliphatic hydroxyl groups excluding tert-OH is 4. The van der Waals surface area contributed by atoms with Crippen LogP contribution in [0.15, 0.2) is 6.07 Å². The van der Waals surface area contributed by atoms with Crippen LogP contribution in [0.25, 0.3) is 0 Å². The summed E-state index contributed by atoms with van der Waals surface area (Å²) in [5.41, 5.74) is 0.114. The van der Waals surface area contributed by atoms with Gasteiger partial charge in [0.15, 0.2) is 11.5 Å². The van der Waals surface area contributed by atoms with Gasteiger partial charge in [-0.1, -0.05) is 0 Å². The zero-order chi connectivity index (χ0) is 16.5. The van der Waals surface area contributed by atoms with Gasteiger partial charge in [0.05, 0.1) is 17.7 Å². The van der Waals surface area contributed by atoms with Crippen molar-refractivity contribution in [1.29, 1.82) is 0 Å². The lowest BCUT2D eigenvalue weighted by molar-refractivity contribution is -0.155. The van der Waals surface area contributed by atoms with E-state index < -0.39 is 48.0 Å². The molecule has 0 saturated heterocycles. The van der Waals surface area contributed by atoms with Crippen molar-refractivity contribution in [2.24, 2.45) is 0 Å². The molecular formula is C14H15NO8. The minimum absolute atomic E-state index is 0.0313. The summed E-state index contributed by atoms with van der Waals surface area (Å²) in [4.78, 5) is 12.3. The molecule has 9 nitrogen and oxygen atoms in total. The van der Waals surface area contributed by atoms with Crippen LogP contribution in [0.1, 0.15) is 21.8 Å². The van der Waals surface area contributed by atoms with Gasteiger partial charge in [-0.05, 0) is 11.6 Å². The van der Waals surface area contributed by atoms with Crippen LogP contribution in [0.2, 0.25) is 0 Å². The molecule has 124 valence electrons. The molecule has 23 heavy (non-hydrogen) atoms. The lowest BCUT2D eigenvalue weighted by atomic mass is 9.70. The van der Waals surface area contributed by atoms with Gasteiger partial charge in [-0.15, -0.1) is 0 Å². The Kier molecular flexibility index (Phi) is 2.97. The number of hydrogen-bond donors (Lipinski definition) is 6. The minimum Gasteiger partial charge on any atom is -0.504 e. The van der Waals surface area contributed by atoms with Crippen LogP contribution in [-0.2, 0) is 0 Å². The lowest BCUT2D eigenvalue weighted by Gasteiger charge is -2.47. The molecule has 2 aliphatic heterocycles. The molecule has 0 aromatic heterocycles. The first-order valence-electron chi connectivity index (χ1n) is 7.10. The van der Waals surface area contributed by atoms with Crippen molar-refractivity contribution in [2.75, 3.05) is 6.79 Å². The van der Waals surface area contributed by atoms with Gasteiger partial charge in [0, 0.05) is 5.92 Å². The molecule has 1 aromatic rings. The van der Waals surface area contributed by atoms with Crippen molar-refractivity contribution in [3.05, 3.63) is 17.2 Å². The van der Waals surface area contributed by atoms with Crippen molar-refractivity contribution >= 4 is 5.91 Å². The normalized spacial score (nSPS) is 37.8. The predicted octanol–water partition coefficient (Wildman–Crippen LogP) is -2.23. The molecule has 6 N–H and O–H groups in total. The van der Waals surface area contributed by atoms with Crippen LogP contribution < -0.4 is 14.8 Å². The smallest absolute Gasteiger partial charge is 0.255 e. The van der Waals surface area contributed by atoms with Gasteiger partial charge < -0.3 is 40.3 Å². The number of ether oxygens (including phenoxy) is 2. The fourth-order valence-corrected chi connectivity index (χ4v) is 3.58. The van der Waals surface area contributed by atoms with E-state index in [1.807, 2.05) is 0 Å². The molecule has 1 aliphatic carbocycles. The first-order chi connectivity index (χ1) is 10.9. The average Bonchev–Trinajstić information content (AvgIpc) is 2.99. The van der Waals surface area contributed by atoms with Gasteiger partial charge in [-0.2, -0.15) is 0 Å². The zero-order valence-corrected chi connectivity index (χ0v) is 11.7. The van der Waals surface area contributed by atoms with E-state index in [0.29, 0.717) is 0 Å². The largest absolute Gasteiger partial charge is 0.504 e. The summed E-state index contributed by atoms with van der Waals surface area (Å²) in [5, 5.41) is 52.9. The van der Waals surface area contributed by atoms with Crippen molar-refractivity contribution in [3.63, 3.8) is 0 Å². The Morgan fingerprint density at radius 2 is 1.74 bits per heavy atom. The highest BCUT2D eigenvalue weighted by Crippen LogP contribution is 2.49. The Morgan fingerprint density at radius 1 is 1.04 bits per heavy atom. The van der Waals surface area contributed by atoms with Crippen LogP contribution in [0.3, 0.4) is 0 Å². The number of fused-ring (bicyclic) bond motifs is 4. The van der Waals surface area contributed by atoms with Crippen molar-refractivity contribution < 1.29 is 39.8 Å². The Labute approximate surface area is 129 Å². The van der Waals surface area contributed by atoms with Gasteiger partial charge in [0.25, 0.3) is 5.91 Å². The maximum atomic E-state index is 12.3. The first-order valence-corrected chi connectivity index (χ1v) is 7.10. The molecule has 0 radical (unpaired) electrons. The van der Waals surface area contributed by atoms with Crippen molar-refractivity contribution in [1.82, 2.24) is 5.32 Å². The second kappa shape index (κ2) is 4.71. The highest BCUT2D eigenvalue weighted by molar-refractivity contribution is 6.01. The third-order valence-electron chi connectivity index (χ3n) is 4.73. The molecule has 9 heteroatoms. The van der Waals surface area contributed by atoms with E-state index in [1.165, 1.54) is 6.07 Å². The number of benzene rings is 1. The van der Waals surface area contributed by atoms with Crippen molar-refractivity contribution in [2.45, 2.75) is 36.4 Å². The Balaban J connectivity index is 1.91. The zero-order valence-electron chi connectivity index (χ0n) is 11.7. The topological polar surface area (TPSA) is 149 Å². The number of nitrogens with one attached hydrogen (secondary N) is 1. The summed E-state index contributed by atoms with van der Waals surface area (Å²) in [6.45, 7) is -0.117. The minimum atomic E-state index is -1.60. The van der Waals surface area contributed by atoms with Crippen LogP contribution >= 0.6 is 0 Å². The molecule has 0 unspecified atom stereocenters. The summed E-state index contributed by atoms with van der Waals surface area (Å²) in [7, 11) is 0. The summed E-state index contributed by atoms with van der Waals surface area (Å²) in [6.07, 6.45) is -6.11. The average molecular weight is 325 g/mol. The number of phenols is 1. The van der Waals surface area contributed by atoms with E-state index in [4.69, 9.17) is 9.47 Å². The second-order valence-electron chi connectivity index (χ2n) is 5.91. The molecule has 0 spiro atoms. The highest BCUT2D eigenvalue weighted by atomic mass is 16.7. The van der Waals surface area contributed by atoms with Crippen LogP contribution in [0.5, 0.6) is 17.2 Å². The Hall–Kier alpha value is -2.07. The van der Waals surface area contributed by atoms with Crippen LogP contribution in [-0.4, -0.2) is 68.7 Å². The number of aliphatic hydroxyl groups is 4. The monoisotopic (exact) mass is 325 g/mol. The number of carbonyl (C=O) groups excluding carboxylic acids is 1. The molecule has 1 fully saturated rings. The van der Waals surface area contributed by atoms with E-state index in [9.17, 15) is 30.3 Å². The lowest BCUT2D eigenvalue weighted by Crippen LogP contribution is -2.66. The van der Waals surface area contributed by atoms with Gasteiger partial charge in [0.2, 0.25) is 12.5 Å². The standard InChI is InChI=1S/C14H15NO8/c16-8-5-3-1-4-13(23-2-22-4)9(17)6(3)14(21)15-7(5)10(18)12(20)11(8)19/h1,5,7-8,10-12,16-20H,2H2,(H,15,21)/t5-,7+,8-,10+,11-,12+/m0/s1. The summed E-state index contributed by atoms with van der Waals surface area (Å²) >= 11 is 0. The summed E-state index contributed by atoms with van der Waals surface area (Å²) in [6, 6.07) is 0.428. The fraction of sp³-hybridized carbons (Fsp3) is 0.500. The van der Waals surface area contributed by atoms with Gasteiger partial charge in [-0.25, -0.2) is 0 Å². The maximum absolute atomic E-state index is 12.3. The Bertz CT molecular complexity index is 692. The van der Waals surface area contributed by atoms with Gasteiger partial charge in [-0.3, -0.25) is 4.79 Å². The second-order valence-corrected chi connectivity index (χ2v) is 5.91. The fourth-order valence-electron chi connectivity index (χ4n) is 3.58. The quantitative estimate of drug-likeness (QED) is 0.314. The van der Waals surface area contributed by atoms with E-state index in [0.717, 1.165) is 0 Å². The van der Waals surface area contributed by atoms with Crippen molar-refractivity contribution in [3.8, 4) is 17.2 Å². The first kappa shape index (κ1) is 14.5. The molecule has 6 atom stereocenters. The predicted molar refractivity (Wildman–Crippen MR) is 72.3 cm³/mol. The number of aromatic hydroxyl groups is 1. The molecule has 0 bridgehead atoms. The summed E-state index contributed by atoms with van der Waals surface area (Å²) < 4.78 is 10.3. The molecule has 2 heterocycles. The number of phenolic OH excluding ortho intramolecular Hbond substituents is 1. The number of carbonyl (C=O) groups is 1. The molecule has 3 aliphatic rings. The van der Waals surface area contributed by atoms with E-state index in [2.05, 4.69) is 5.32 Å². The number of hydrogen-bond acceptors (Lipinski definition) is 8.